The van der Waals surface area contributed by atoms with Crippen LogP contribution in [0.4, 0.5) is 19.0 Å². The second-order valence-electron chi connectivity index (χ2n) is 9.99. The molecule has 0 aliphatic carbocycles. The van der Waals surface area contributed by atoms with Gasteiger partial charge in [-0.2, -0.15) is 18.3 Å². The predicted octanol–water partition coefficient (Wildman–Crippen LogP) is 6.61. The number of methoxy groups -OCH3 is 1. The first-order valence-corrected chi connectivity index (χ1v) is 13.0. The van der Waals surface area contributed by atoms with Gasteiger partial charge in [0.05, 0.1) is 24.1 Å². The minimum Gasteiger partial charge on any atom is -0.497 e. The highest BCUT2D eigenvalue weighted by Gasteiger charge is 2.32. The fraction of sp³-hybridized carbons (Fsp3) is 0.258. The van der Waals surface area contributed by atoms with Gasteiger partial charge in [-0.15, -0.1) is 0 Å². The molecule has 1 heterocycles. The molecule has 0 aliphatic rings. The van der Waals surface area contributed by atoms with E-state index in [1.165, 1.54) is 17.0 Å². The van der Waals surface area contributed by atoms with Crippen LogP contribution in [0.25, 0.3) is 16.8 Å². The van der Waals surface area contributed by atoms with E-state index in [0.717, 1.165) is 17.7 Å². The van der Waals surface area contributed by atoms with Gasteiger partial charge in [0.25, 0.3) is 5.91 Å². The van der Waals surface area contributed by atoms with Crippen molar-refractivity contribution in [3.05, 3.63) is 95.7 Å². The summed E-state index contributed by atoms with van der Waals surface area (Å²) in [6, 6.07) is 20.8. The van der Waals surface area contributed by atoms with Gasteiger partial charge in [0, 0.05) is 17.7 Å². The number of aromatic nitrogens is 2. The number of hydrogen-bond donors (Lipinski definition) is 1. The standard InChI is InChI=1S/C31H31F3N4O3/c1-20(2)18-37(30(40)23-11-8-12-24(17-23)31(32,33)34)19-27(39)35-29-28(22-9-6-5-7-10-22)21(3)36-38(29)25-13-15-26(41-4)16-14-25/h5-17,20H,18-19H2,1-4H3,(H,35,39). The van der Waals surface area contributed by atoms with Gasteiger partial charge >= 0.3 is 6.18 Å². The van der Waals surface area contributed by atoms with Gasteiger partial charge in [0.2, 0.25) is 5.91 Å². The van der Waals surface area contributed by atoms with E-state index in [2.05, 4.69) is 10.4 Å². The average Bonchev–Trinajstić information content (AvgIpc) is 3.27. The molecule has 4 rings (SSSR count). The van der Waals surface area contributed by atoms with E-state index in [1.807, 2.05) is 51.1 Å². The van der Waals surface area contributed by atoms with Crippen LogP contribution in [0.15, 0.2) is 78.9 Å². The topological polar surface area (TPSA) is 76.5 Å². The molecule has 0 atom stereocenters. The maximum absolute atomic E-state index is 13.5. The van der Waals surface area contributed by atoms with Crippen LogP contribution in [0, 0.1) is 12.8 Å². The number of ether oxygens (including phenoxy) is 1. The molecule has 7 nitrogen and oxygen atoms in total. The summed E-state index contributed by atoms with van der Waals surface area (Å²) in [6.45, 7) is 5.36. The normalized spacial score (nSPS) is 11.4. The molecule has 1 N–H and O–H groups in total. The lowest BCUT2D eigenvalue weighted by atomic mass is 10.1. The largest absolute Gasteiger partial charge is 0.497 e. The second-order valence-corrected chi connectivity index (χ2v) is 9.99. The van der Waals surface area contributed by atoms with Crippen LogP contribution >= 0.6 is 0 Å². The average molecular weight is 565 g/mol. The zero-order chi connectivity index (χ0) is 29.7. The molecule has 0 unspecified atom stereocenters. The number of halogens is 3. The molecule has 0 spiro atoms. The van der Waals surface area contributed by atoms with Crippen LogP contribution in [0.2, 0.25) is 0 Å². The number of nitrogens with one attached hydrogen (secondary N) is 1. The highest BCUT2D eigenvalue weighted by molar-refractivity contribution is 6.01. The van der Waals surface area contributed by atoms with Gasteiger partial charge in [-0.05, 0) is 60.9 Å². The number of carbonyl (C=O) groups excluding carboxylic acids is 2. The van der Waals surface area contributed by atoms with Gasteiger partial charge in [0.15, 0.2) is 0 Å². The summed E-state index contributed by atoms with van der Waals surface area (Å²) in [4.78, 5) is 28.1. The highest BCUT2D eigenvalue weighted by Crippen LogP contribution is 2.34. The lowest BCUT2D eigenvalue weighted by Crippen LogP contribution is -2.40. The molecular weight excluding hydrogens is 533 g/mol. The summed E-state index contributed by atoms with van der Waals surface area (Å²) < 4.78 is 46.7. The van der Waals surface area contributed by atoms with Crippen molar-refractivity contribution in [1.29, 1.82) is 0 Å². The van der Waals surface area contributed by atoms with Crippen molar-refractivity contribution in [2.24, 2.45) is 5.92 Å². The van der Waals surface area contributed by atoms with E-state index in [0.29, 0.717) is 28.5 Å². The van der Waals surface area contributed by atoms with Gasteiger partial charge in [-0.1, -0.05) is 50.2 Å². The Hall–Kier alpha value is -4.60. The molecule has 0 saturated carbocycles. The summed E-state index contributed by atoms with van der Waals surface area (Å²) >= 11 is 0. The summed E-state index contributed by atoms with van der Waals surface area (Å²) in [5, 5.41) is 7.61. The van der Waals surface area contributed by atoms with Crippen LogP contribution in [0.3, 0.4) is 0 Å². The van der Waals surface area contributed by atoms with Crippen molar-refractivity contribution in [2.75, 3.05) is 25.5 Å². The third-order valence-electron chi connectivity index (χ3n) is 6.34. The second kappa shape index (κ2) is 12.3. The molecule has 41 heavy (non-hydrogen) atoms. The fourth-order valence-corrected chi connectivity index (χ4v) is 4.52. The molecule has 2 amide bonds. The van der Waals surface area contributed by atoms with Crippen molar-refractivity contribution < 1.29 is 27.5 Å². The smallest absolute Gasteiger partial charge is 0.416 e. The Morgan fingerprint density at radius 2 is 1.68 bits per heavy atom. The Morgan fingerprint density at radius 1 is 1.00 bits per heavy atom. The maximum Gasteiger partial charge on any atom is 0.416 e. The Morgan fingerprint density at radius 3 is 2.29 bits per heavy atom. The van der Waals surface area contributed by atoms with Gasteiger partial charge in [0.1, 0.15) is 18.1 Å². The molecular formula is C31H31F3N4O3. The zero-order valence-electron chi connectivity index (χ0n) is 23.2. The number of benzene rings is 3. The molecule has 0 bridgehead atoms. The monoisotopic (exact) mass is 564 g/mol. The van der Waals surface area contributed by atoms with E-state index in [1.54, 1.807) is 36.1 Å². The van der Waals surface area contributed by atoms with E-state index in [9.17, 15) is 22.8 Å². The summed E-state index contributed by atoms with van der Waals surface area (Å²) in [5.41, 5.74) is 1.81. The van der Waals surface area contributed by atoms with E-state index >= 15 is 0 Å². The van der Waals surface area contributed by atoms with Crippen LogP contribution in [0.5, 0.6) is 5.75 Å². The summed E-state index contributed by atoms with van der Waals surface area (Å²) in [7, 11) is 1.57. The van der Waals surface area contributed by atoms with Crippen molar-refractivity contribution in [3.63, 3.8) is 0 Å². The number of alkyl halides is 3. The Bertz CT molecular complexity index is 1510. The molecule has 3 aromatic carbocycles. The summed E-state index contributed by atoms with van der Waals surface area (Å²) in [6.07, 6.45) is -4.60. The third-order valence-corrected chi connectivity index (χ3v) is 6.34. The van der Waals surface area contributed by atoms with E-state index in [4.69, 9.17) is 4.74 Å². The lowest BCUT2D eigenvalue weighted by molar-refractivity contribution is -0.137. The van der Waals surface area contributed by atoms with Crippen LogP contribution in [0.1, 0.15) is 35.5 Å². The van der Waals surface area contributed by atoms with E-state index in [-0.39, 0.29) is 24.6 Å². The number of hydrogen-bond acceptors (Lipinski definition) is 4. The first-order chi connectivity index (χ1) is 19.5. The molecule has 0 radical (unpaired) electrons. The lowest BCUT2D eigenvalue weighted by Gasteiger charge is -2.25. The number of amides is 2. The minimum atomic E-state index is -4.60. The van der Waals surface area contributed by atoms with Crippen molar-refractivity contribution in [1.82, 2.24) is 14.7 Å². The molecule has 0 fully saturated rings. The van der Waals surface area contributed by atoms with Crippen molar-refractivity contribution in [2.45, 2.75) is 26.9 Å². The van der Waals surface area contributed by atoms with Crippen LogP contribution in [-0.2, 0) is 11.0 Å². The number of carbonyl (C=O) groups is 2. The Labute approximate surface area is 236 Å². The quantitative estimate of drug-likeness (QED) is 0.248. The first-order valence-electron chi connectivity index (χ1n) is 13.0. The fourth-order valence-electron chi connectivity index (χ4n) is 4.52. The molecule has 4 aromatic rings. The first kappa shape index (κ1) is 29.4. The molecule has 10 heteroatoms. The Kier molecular flexibility index (Phi) is 8.80. The number of rotatable bonds is 9. The number of nitrogens with zero attached hydrogens (tertiary/aromatic N) is 3. The molecule has 0 aliphatic heterocycles. The van der Waals surface area contributed by atoms with Crippen LogP contribution in [-0.4, -0.2) is 46.7 Å². The van der Waals surface area contributed by atoms with E-state index < -0.39 is 23.6 Å². The number of aryl methyl sites for hydroxylation is 1. The maximum atomic E-state index is 13.5. The van der Waals surface area contributed by atoms with Gasteiger partial charge in [-0.25, -0.2) is 4.68 Å². The van der Waals surface area contributed by atoms with Crippen LogP contribution < -0.4 is 10.1 Å². The highest BCUT2D eigenvalue weighted by atomic mass is 19.4. The van der Waals surface area contributed by atoms with Gasteiger partial charge < -0.3 is 15.0 Å². The molecule has 0 saturated heterocycles. The third kappa shape index (κ3) is 6.95. The molecule has 214 valence electrons. The predicted molar refractivity (Wildman–Crippen MR) is 151 cm³/mol. The van der Waals surface area contributed by atoms with Crippen molar-refractivity contribution in [3.8, 4) is 22.6 Å². The zero-order valence-corrected chi connectivity index (χ0v) is 23.2. The Balaban J connectivity index is 1.68. The SMILES string of the molecule is COc1ccc(-n2nc(C)c(-c3ccccc3)c2NC(=O)CN(CC(C)C)C(=O)c2cccc(C(F)(F)F)c2)cc1. The van der Waals surface area contributed by atoms with Gasteiger partial charge in [-0.3, -0.25) is 9.59 Å². The van der Waals surface area contributed by atoms with Crippen molar-refractivity contribution >= 4 is 17.6 Å². The molecule has 1 aromatic heterocycles. The summed E-state index contributed by atoms with van der Waals surface area (Å²) in [5.74, 6) is -0.158. The number of anilines is 1. The minimum absolute atomic E-state index is 0.0375.